The lowest BCUT2D eigenvalue weighted by Crippen LogP contribution is -2.38. The van der Waals surface area contributed by atoms with Gasteiger partial charge in [0.15, 0.2) is 11.5 Å². The molecule has 0 fully saturated rings. The summed E-state index contributed by atoms with van der Waals surface area (Å²) in [5.41, 5.74) is 6.44. The first-order valence-corrected chi connectivity index (χ1v) is 13.3. The fourth-order valence-electron chi connectivity index (χ4n) is 3.56. The lowest BCUT2D eigenvalue weighted by molar-refractivity contribution is -0.141. The lowest BCUT2D eigenvalue weighted by atomic mass is 9.87. The Morgan fingerprint density at radius 3 is 1.87 bits per heavy atom. The van der Waals surface area contributed by atoms with E-state index in [2.05, 4.69) is 0 Å². The summed E-state index contributed by atoms with van der Waals surface area (Å²) in [6.07, 6.45) is 0.771. The fourth-order valence-corrected chi connectivity index (χ4v) is 3.56. The fraction of sp³-hybridized carbons (Fsp3) is 0.643. The highest BCUT2D eigenvalue weighted by Gasteiger charge is 2.31. The second kappa shape index (κ2) is 16.0. The van der Waals surface area contributed by atoms with Gasteiger partial charge in [-0.05, 0) is 57.2 Å². The summed E-state index contributed by atoms with van der Waals surface area (Å²) in [5, 5.41) is 9.66. The number of carboxylic acids is 1. The number of benzene rings is 1. The minimum atomic E-state index is -1.36. The summed E-state index contributed by atoms with van der Waals surface area (Å²) in [5.74, 6) is -3.87. The van der Waals surface area contributed by atoms with Crippen molar-refractivity contribution in [2.45, 2.75) is 105 Å². The maximum Gasteiger partial charge on any atom is 0.508 e. The monoisotopic (exact) mass is 537 g/mol. The van der Waals surface area contributed by atoms with Crippen molar-refractivity contribution in [3.05, 3.63) is 23.8 Å². The third-order valence-electron chi connectivity index (χ3n) is 6.44. The second-order valence-corrected chi connectivity index (χ2v) is 9.77. The molecule has 0 aliphatic heterocycles. The van der Waals surface area contributed by atoms with Crippen LogP contribution in [0.25, 0.3) is 0 Å². The minimum absolute atomic E-state index is 0.0200. The van der Waals surface area contributed by atoms with Gasteiger partial charge in [0.05, 0.1) is 11.8 Å². The first kappa shape index (κ1) is 32.9. The van der Waals surface area contributed by atoms with E-state index in [4.69, 9.17) is 24.7 Å². The van der Waals surface area contributed by atoms with Gasteiger partial charge in [-0.2, -0.15) is 0 Å². The third-order valence-corrected chi connectivity index (χ3v) is 6.44. The molecule has 0 saturated carbocycles. The number of nitrogens with two attached hydrogens (primary N) is 1. The van der Waals surface area contributed by atoms with Crippen molar-refractivity contribution in [2.75, 3.05) is 0 Å². The predicted molar refractivity (Wildman–Crippen MR) is 141 cm³/mol. The Morgan fingerprint density at radius 1 is 0.842 bits per heavy atom. The summed E-state index contributed by atoms with van der Waals surface area (Å²) < 4.78 is 21.6. The van der Waals surface area contributed by atoms with Crippen molar-refractivity contribution in [3.63, 3.8) is 0 Å². The molecule has 1 aromatic rings. The van der Waals surface area contributed by atoms with Crippen LogP contribution in [0.1, 0.15) is 92.1 Å². The van der Waals surface area contributed by atoms with Gasteiger partial charge in [-0.1, -0.05) is 47.1 Å². The number of esters is 2. The van der Waals surface area contributed by atoms with E-state index in [1.165, 1.54) is 12.1 Å². The molecule has 6 atom stereocenters. The third kappa shape index (κ3) is 10.3. The lowest BCUT2D eigenvalue weighted by Gasteiger charge is -2.26. The highest BCUT2D eigenvalue weighted by atomic mass is 16.7. The van der Waals surface area contributed by atoms with E-state index in [0.29, 0.717) is 24.8 Å². The van der Waals surface area contributed by atoms with E-state index in [0.717, 1.165) is 6.42 Å². The molecule has 10 heteroatoms. The van der Waals surface area contributed by atoms with Crippen LogP contribution in [0, 0.1) is 11.8 Å². The maximum atomic E-state index is 12.6. The number of carbonyl (C=O) groups is 4. The predicted octanol–water partition coefficient (Wildman–Crippen LogP) is 5.21. The zero-order valence-electron chi connectivity index (χ0n) is 23.5. The quantitative estimate of drug-likeness (QED) is 0.225. The number of ether oxygens (including phenoxy) is 4. The van der Waals surface area contributed by atoms with Crippen LogP contribution in [0.5, 0.6) is 11.5 Å². The van der Waals surface area contributed by atoms with Crippen molar-refractivity contribution >= 4 is 24.1 Å². The van der Waals surface area contributed by atoms with Gasteiger partial charge >= 0.3 is 24.1 Å². The molecule has 38 heavy (non-hydrogen) atoms. The van der Waals surface area contributed by atoms with E-state index < -0.39 is 48.0 Å². The van der Waals surface area contributed by atoms with Gasteiger partial charge in [0.2, 0.25) is 0 Å². The average Bonchev–Trinajstić information content (AvgIpc) is 2.86. The van der Waals surface area contributed by atoms with E-state index >= 15 is 0 Å². The molecule has 3 N–H and O–H groups in total. The molecular weight excluding hydrogens is 494 g/mol. The SMILES string of the molecule is CCCC(C)OC(=O)OC(C)CC(c1ccc(OC(=O)C(C)CC)c(OC(=O)C(C)CC)c1)[C@H](N)C(=O)O. The number of carboxylic acid groups (broad SMARTS) is 1. The summed E-state index contributed by atoms with van der Waals surface area (Å²) >= 11 is 0. The highest BCUT2D eigenvalue weighted by molar-refractivity contribution is 5.79. The molecule has 0 aliphatic rings. The summed E-state index contributed by atoms with van der Waals surface area (Å²) in [7, 11) is 0. The standard InChI is InChI=1S/C28H43NO9/c1-8-11-18(6)35-28(34)36-19(7)14-21(24(29)25(30)31)20-12-13-22(37-26(32)16(4)9-2)23(15-20)38-27(33)17(5)10-3/h12-13,15-19,21,24H,8-11,14,29H2,1-7H3,(H,30,31)/t16?,17?,18?,19?,21?,24-/m0/s1. The Kier molecular flexibility index (Phi) is 13.8. The Balaban J connectivity index is 3.31. The molecule has 0 heterocycles. The van der Waals surface area contributed by atoms with Crippen molar-refractivity contribution in [1.82, 2.24) is 0 Å². The summed E-state index contributed by atoms with van der Waals surface area (Å²) in [6, 6.07) is 3.09. The number of hydrogen-bond acceptors (Lipinski definition) is 9. The second-order valence-electron chi connectivity index (χ2n) is 9.77. The van der Waals surface area contributed by atoms with Crippen molar-refractivity contribution in [1.29, 1.82) is 0 Å². The van der Waals surface area contributed by atoms with Gasteiger partial charge < -0.3 is 29.8 Å². The number of hydrogen-bond donors (Lipinski definition) is 2. The largest absolute Gasteiger partial charge is 0.508 e. The van der Waals surface area contributed by atoms with Crippen LogP contribution in [0.2, 0.25) is 0 Å². The molecule has 5 unspecified atom stereocenters. The van der Waals surface area contributed by atoms with Crippen LogP contribution in [0.15, 0.2) is 18.2 Å². The minimum Gasteiger partial charge on any atom is -0.480 e. The molecule has 10 nitrogen and oxygen atoms in total. The van der Waals surface area contributed by atoms with Crippen LogP contribution in [0.3, 0.4) is 0 Å². The van der Waals surface area contributed by atoms with Crippen LogP contribution in [-0.2, 0) is 23.9 Å². The number of aliphatic carboxylic acids is 1. The van der Waals surface area contributed by atoms with Crippen LogP contribution in [0.4, 0.5) is 4.79 Å². The molecule has 0 aliphatic carbocycles. The van der Waals surface area contributed by atoms with Crippen LogP contribution >= 0.6 is 0 Å². The van der Waals surface area contributed by atoms with Gasteiger partial charge in [0, 0.05) is 5.92 Å². The van der Waals surface area contributed by atoms with Crippen LogP contribution in [-0.4, -0.2) is 47.4 Å². The van der Waals surface area contributed by atoms with Crippen molar-refractivity contribution < 1.29 is 43.2 Å². The maximum absolute atomic E-state index is 12.6. The molecule has 0 radical (unpaired) electrons. The van der Waals surface area contributed by atoms with E-state index in [9.17, 15) is 24.3 Å². The average molecular weight is 538 g/mol. The Morgan fingerprint density at radius 2 is 1.37 bits per heavy atom. The number of rotatable bonds is 15. The smallest absolute Gasteiger partial charge is 0.480 e. The molecule has 214 valence electrons. The zero-order valence-corrected chi connectivity index (χ0v) is 23.5. The van der Waals surface area contributed by atoms with E-state index in [1.54, 1.807) is 33.8 Å². The number of carbonyl (C=O) groups excluding carboxylic acids is 3. The molecule has 0 aromatic heterocycles. The molecule has 0 saturated heterocycles. The summed E-state index contributed by atoms with van der Waals surface area (Å²) in [4.78, 5) is 49.0. The van der Waals surface area contributed by atoms with E-state index in [1.807, 2.05) is 20.8 Å². The Hall–Kier alpha value is -3.14. The van der Waals surface area contributed by atoms with Gasteiger partial charge in [0.1, 0.15) is 18.2 Å². The molecule has 0 spiro atoms. The van der Waals surface area contributed by atoms with Crippen molar-refractivity contribution in [3.8, 4) is 11.5 Å². The summed E-state index contributed by atoms with van der Waals surface area (Å²) in [6.45, 7) is 12.5. The van der Waals surface area contributed by atoms with E-state index in [-0.39, 0.29) is 29.9 Å². The first-order valence-electron chi connectivity index (χ1n) is 13.3. The van der Waals surface area contributed by atoms with Gasteiger partial charge in [-0.15, -0.1) is 0 Å². The molecule has 1 rings (SSSR count). The normalized spacial score (nSPS) is 15.8. The topological polar surface area (TPSA) is 151 Å². The zero-order chi connectivity index (χ0) is 29.0. The molecule has 0 bridgehead atoms. The van der Waals surface area contributed by atoms with Crippen LogP contribution < -0.4 is 15.2 Å². The molecule has 1 aromatic carbocycles. The Bertz CT molecular complexity index is 948. The van der Waals surface area contributed by atoms with Gasteiger partial charge in [-0.3, -0.25) is 14.4 Å². The molecular formula is C28H43NO9. The first-order chi connectivity index (χ1) is 17.8. The molecule has 0 amide bonds. The van der Waals surface area contributed by atoms with Gasteiger partial charge in [-0.25, -0.2) is 4.79 Å². The Labute approximate surface area is 225 Å². The highest BCUT2D eigenvalue weighted by Crippen LogP contribution is 2.35. The van der Waals surface area contributed by atoms with Gasteiger partial charge in [0.25, 0.3) is 0 Å². The van der Waals surface area contributed by atoms with Crippen molar-refractivity contribution in [2.24, 2.45) is 17.6 Å².